The quantitative estimate of drug-likeness (QED) is 0.811. The van der Waals surface area contributed by atoms with Gasteiger partial charge in [-0.15, -0.1) is 0 Å². The number of amides is 1. The second kappa shape index (κ2) is 6.43. The number of nitrogens with zero attached hydrogens (tertiary/aromatic N) is 2. The van der Waals surface area contributed by atoms with Crippen LogP contribution in [-0.4, -0.2) is 35.9 Å². The van der Waals surface area contributed by atoms with Crippen LogP contribution in [0.4, 0.5) is 0 Å². The molecule has 0 spiro atoms. The van der Waals surface area contributed by atoms with Gasteiger partial charge in [-0.1, -0.05) is 0 Å². The zero-order chi connectivity index (χ0) is 16.3. The standard InChI is InChI=1S/C16H18N2O4/c1-10-5-6-12(8-17-10)15(19)18(3)9-13-7-14(11(2)22-13)16(20)21-4/h5-8H,9H2,1-4H3. The number of ether oxygens (including phenoxy) is 1. The fourth-order valence-electron chi connectivity index (χ4n) is 2.05. The van der Waals surface area contributed by atoms with Crippen LogP contribution in [0.2, 0.25) is 0 Å². The Bertz CT molecular complexity index is 689. The van der Waals surface area contributed by atoms with Gasteiger partial charge in [0.15, 0.2) is 0 Å². The predicted octanol–water partition coefficient (Wildman–Crippen LogP) is 2.35. The van der Waals surface area contributed by atoms with E-state index in [1.165, 1.54) is 12.0 Å². The molecule has 2 rings (SSSR count). The van der Waals surface area contributed by atoms with E-state index in [-0.39, 0.29) is 12.5 Å². The molecule has 116 valence electrons. The predicted molar refractivity (Wildman–Crippen MR) is 79.6 cm³/mol. The molecule has 0 saturated carbocycles. The highest BCUT2D eigenvalue weighted by Crippen LogP contribution is 2.17. The van der Waals surface area contributed by atoms with E-state index in [1.54, 1.807) is 38.4 Å². The highest BCUT2D eigenvalue weighted by Gasteiger charge is 2.18. The van der Waals surface area contributed by atoms with Gasteiger partial charge in [-0.25, -0.2) is 4.79 Å². The van der Waals surface area contributed by atoms with E-state index in [9.17, 15) is 9.59 Å². The highest BCUT2D eigenvalue weighted by molar-refractivity contribution is 5.93. The lowest BCUT2D eigenvalue weighted by molar-refractivity contribution is 0.0598. The number of carbonyl (C=O) groups is 2. The van der Waals surface area contributed by atoms with Crippen molar-refractivity contribution in [1.29, 1.82) is 0 Å². The van der Waals surface area contributed by atoms with E-state index >= 15 is 0 Å². The minimum atomic E-state index is -0.454. The molecule has 0 aliphatic carbocycles. The minimum Gasteiger partial charge on any atom is -0.465 e. The van der Waals surface area contributed by atoms with Crippen molar-refractivity contribution in [1.82, 2.24) is 9.88 Å². The van der Waals surface area contributed by atoms with E-state index in [0.717, 1.165) is 5.69 Å². The van der Waals surface area contributed by atoms with Gasteiger partial charge >= 0.3 is 5.97 Å². The highest BCUT2D eigenvalue weighted by atomic mass is 16.5. The van der Waals surface area contributed by atoms with Crippen molar-refractivity contribution in [3.05, 3.63) is 52.7 Å². The lowest BCUT2D eigenvalue weighted by Crippen LogP contribution is -2.26. The van der Waals surface area contributed by atoms with Crippen molar-refractivity contribution in [2.45, 2.75) is 20.4 Å². The first-order chi connectivity index (χ1) is 10.4. The maximum atomic E-state index is 12.3. The summed E-state index contributed by atoms with van der Waals surface area (Å²) >= 11 is 0. The largest absolute Gasteiger partial charge is 0.465 e. The van der Waals surface area contributed by atoms with Crippen molar-refractivity contribution in [2.24, 2.45) is 0 Å². The Morgan fingerprint density at radius 1 is 1.32 bits per heavy atom. The first kappa shape index (κ1) is 15.8. The summed E-state index contributed by atoms with van der Waals surface area (Å²) in [5.41, 5.74) is 1.73. The van der Waals surface area contributed by atoms with E-state index in [1.807, 2.05) is 6.92 Å². The molecule has 0 atom stereocenters. The monoisotopic (exact) mass is 302 g/mol. The van der Waals surface area contributed by atoms with E-state index in [4.69, 9.17) is 4.42 Å². The van der Waals surface area contributed by atoms with Gasteiger partial charge in [-0.3, -0.25) is 9.78 Å². The smallest absolute Gasteiger partial charge is 0.341 e. The summed E-state index contributed by atoms with van der Waals surface area (Å²) < 4.78 is 10.2. The van der Waals surface area contributed by atoms with Crippen LogP contribution in [0, 0.1) is 13.8 Å². The van der Waals surface area contributed by atoms with Crippen molar-refractivity contribution in [2.75, 3.05) is 14.2 Å². The first-order valence-corrected chi connectivity index (χ1v) is 6.78. The van der Waals surface area contributed by atoms with Gasteiger partial charge in [-0.05, 0) is 32.0 Å². The van der Waals surface area contributed by atoms with Gasteiger partial charge in [0.2, 0.25) is 0 Å². The molecule has 0 radical (unpaired) electrons. The summed E-state index contributed by atoms with van der Waals surface area (Å²) in [5.74, 6) is 0.374. The Balaban J connectivity index is 2.11. The van der Waals surface area contributed by atoms with Crippen molar-refractivity contribution in [3.8, 4) is 0 Å². The van der Waals surface area contributed by atoms with Crippen molar-refractivity contribution >= 4 is 11.9 Å². The number of hydrogen-bond donors (Lipinski definition) is 0. The van der Waals surface area contributed by atoms with Crippen LogP contribution < -0.4 is 0 Å². The minimum absolute atomic E-state index is 0.166. The summed E-state index contributed by atoms with van der Waals surface area (Å²) in [4.78, 5) is 29.5. The average Bonchev–Trinajstić information content (AvgIpc) is 2.87. The number of aromatic nitrogens is 1. The molecule has 0 aromatic carbocycles. The summed E-state index contributed by atoms with van der Waals surface area (Å²) in [5, 5.41) is 0. The molecule has 0 bridgehead atoms. The molecule has 2 aromatic rings. The van der Waals surface area contributed by atoms with Crippen molar-refractivity contribution in [3.63, 3.8) is 0 Å². The third kappa shape index (κ3) is 3.33. The van der Waals surface area contributed by atoms with Crippen molar-refractivity contribution < 1.29 is 18.7 Å². The molecule has 0 unspecified atom stereocenters. The molecule has 0 N–H and O–H groups in total. The molecule has 6 nitrogen and oxygen atoms in total. The molecule has 0 aliphatic heterocycles. The van der Waals surface area contributed by atoms with Gasteiger partial charge in [-0.2, -0.15) is 0 Å². The fraction of sp³-hybridized carbons (Fsp3) is 0.312. The zero-order valence-corrected chi connectivity index (χ0v) is 13.0. The molecular formula is C16H18N2O4. The lowest BCUT2D eigenvalue weighted by atomic mass is 10.2. The normalized spacial score (nSPS) is 10.4. The number of hydrogen-bond acceptors (Lipinski definition) is 5. The summed E-state index contributed by atoms with van der Waals surface area (Å²) in [6, 6.07) is 5.11. The van der Waals surface area contributed by atoms with E-state index < -0.39 is 5.97 Å². The topological polar surface area (TPSA) is 72.6 Å². The number of furan rings is 1. The molecule has 0 fully saturated rings. The third-order valence-corrected chi connectivity index (χ3v) is 3.27. The molecule has 0 saturated heterocycles. The maximum Gasteiger partial charge on any atom is 0.341 e. The molecule has 1 amide bonds. The number of aryl methyl sites for hydroxylation is 2. The van der Waals surface area contributed by atoms with Crippen LogP contribution >= 0.6 is 0 Å². The Kier molecular flexibility index (Phi) is 4.60. The van der Waals surface area contributed by atoms with Gasteiger partial charge < -0.3 is 14.1 Å². The SMILES string of the molecule is COC(=O)c1cc(CN(C)C(=O)c2ccc(C)nc2)oc1C. The van der Waals surface area contributed by atoms with Crippen LogP contribution in [-0.2, 0) is 11.3 Å². The Morgan fingerprint density at radius 2 is 2.05 bits per heavy atom. The maximum absolute atomic E-state index is 12.3. The van der Waals surface area contributed by atoms with Gasteiger partial charge in [0, 0.05) is 18.9 Å². The van der Waals surface area contributed by atoms with Crippen LogP contribution in [0.5, 0.6) is 0 Å². The van der Waals surface area contributed by atoms with Gasteiger partial charge in [0.05, 0.1) is 19.2 Å². The average molecular weight is 302 g/mol. The first-order valence-electron chi connectivity index (χ1n) is 6.78. The Hall–Kier alpha value is -2.63. The van der Waals surface area contributed by atoms with Gasteiger partial charge in [0.1, 0.15) is 17.1 Å². The number of esters is 1. The molecule has 2 aromatic heterocycles. The van der Waals surface area contributed by atoms with E-state index in [2.05, 4.69) is 9.72 Å². The summed E-state index contributed by atoms with van der Waals surface area (Å²) in [7, 11) is 2.98. The second-order valence-electron chi connectivity index (χ2n) is 5.02. The summed E-state index contributed by atoms with van der Waals surface area (Å²) in [6.07, 6.45) is 1.54. The molecule has 6 heteroatoms. The second-order valence-corrected chi connectivity index (χ2v) is 5.02. The Morgan fingerprint density at radius 3 is 2.64 bits per heavy atom. The molecule has 22 heavy (non-hydrogen) atoms. The molecule has 2 heterocycles. The van der Waals surface area contributed by atoms with Crippen LogP contribution in [0.25, 0.3) is 0 Å². The lowest BCUT2D eigenvalue weighted by Gasteiger charge is -2.15. The van der Waals surface area contributed by atoms with E-state index in [0.29, 0.717) is 22.6 Å². The number of carbonyl (C=O) groups excluding carboxylic acids is 2. The molecule has 0 aliphatic rings. The van der Waals surface area contributed by atoms with Gasteiger partial charge in [0.25, 0.3) is 5.91 Å². The fourth-order valence-corrected chi connectivity index (χ4v) is 2.05. The van der Waals surface area contributed by atoms with Crippen LogP contribution in [0.1, 0.15) is 37.9 Å². The zero-order valence-electron chi connectivity index (χ0n) is 13.0. The number of pyridine rings is 1. The van der Waals surface area contributed by atoms with Crippen LogP contribution in [0.15, 0.2) is 28.8 Å². The summed E-state index contributed by atoms with van der Waals surface area (Å²) in [6.45, 7) is 3.80. The number of methoxy groups -OCH3 is 1. The number of rotatable bonds is 4. The van der Waals surface area contributed by atoms with Crippen LogP contribution in [0.3, 0.4) is 0 Å². The Labute approximate surface area is 128 Å². The third-order valence-electron chi connectivity index (χ3n) is 3.27. The molecular weight excluding hydrogens is 284 g/mol.